The number of aromatic nitrogens is 1. The van der Waals surface area contributed by atoms with E-state index in [-0.39, 0.29) is 5.69 Å². The van der Waals surface area contributed by atoms with Crippen LogP contribution in [-0.4, -0.2) is 23.2 Å². The molecule has 0 spiro atoms. The first kappa shape index (κ1) is 15.0. The van der Waals surface area contributed by atoms with Gasteiger partial charge in [-0.05, 0) is 31.0 Å². The van der Waals surface area contributed by atoms with E-state index in [1.165, 1.54) is 11.3 Å². The summed E-state index contributed by atoms with van der Waals surface area (Å²) < 4.78 is 6.19. The molecule has 0 atom stereocenters. The molecule has 0 aliphatic carbocycles. The quantitative estimate of drug-likeness (QED) is 0.871. The van der Waals surface area contributed by atoms with Gasteiger partial charge in [0, 0.05) is 10.0 Å². The second kappa shape index (κ2) is 6.37. The topological polar surface area (TPSA) is 59.4 Å². The Kier molecular flexibility index (Phi) is 4.77. The summed E-state index contributed by atoms with van der Waals surface area (Å²) >= 11 is 4.81. The van der Waals surface area contributed by atoms with Crippen LogP contribution >= 0.6 is 27.3 Å². The van der Waals surface area contributed by atoms with Gasteiger partial charge in [0.25, 0.3) is 0 Å². The molecule has 1 aromatic carbocycles. The molecule has 0 saturated heterocycles. The van der Waals surface area contributed by atoms with Crippen LogP contribution in [0, 0.1) is 0 Å². The summed E-state index contributed by atoms with van der Waals surface area (Å²) in [6.45, 7) is 2.04. The van der Waals surface area contributed by atoms with Crippen LogP contribution in [0.25, 0.3) is 10.4 Å². The number of carbonyl (C=O) groups is 1. The van der Waals surface area contributed by atoms with Gasteiger partial charge in [0.1, 0.15) is 5.75 Å². The van der Waals surface area contributed by atoms with Gasteiger partial charge in [-0.25, -0.2) is 9.78 Å². The van der Waals surface area contributed by atoms with Crippen molar-refractivity contribution in [3.8, 4) is 16.2 Å². The van der Waals surface area contributed by atoms with Crippen LogP contribution < -0.4 is 4.74 Å². The molecule has 2 aromatic rings. The minimum absolute atomic E-state index is 0.0925. The third-order valence-corrected chi connectivity index (χ3v) is 4.39. The van der Waals surface area contributed by atoms with Crippen LogP contribution in [0.2, 0.25) is 0 Å². The molecule has 1 aromatic heterocycles. The van der Waals surface area contributed by atoms with Crippen molar-refractivity contribution in [3.63, 3.8) is 0 Å². The van der Waals surface area contributed by atoms with Gasteiger partial charge < -0.3 is 9.84 Å². The molecule has 0 aliphatic heterocycles. The minimum Gasteiger partial charge on any atom is -0.496 e. The number of hydrogen-bond donors (Lipinski definition) is 1. The zero-order valence-electron chi connectivity index (χ0n) is 11.1. The highest BCUT2D eigenvalue weighted by Crippen LogP contribution is 2.38. The van der Waals surface area contributed by atoms with Gasteiger partial charge in [0.2, 0.25) is 0 Å². The maximum Gasteiger partial charge on any atom is 0.356 e. The van der Waals surface area contributed by atoms with Crippen LogP contribution in [0.1, 0.15) is 28.8 Å². The zero-order chi connectivity index (χ0) is 14.7. The number of nitrogens with zero attached hydrogens (tertiary/aromatic N) is 1. The van der Waals surface area contributed by atoms with Crippen molar-refractivity contribution >= 4 is 33.2 Å². The minimum atomic E-state index is -1.01. The lowest BCUT2D eigenvalue weighted by Crippen LogP contribution is -2.00. The molecule has 106 valence electrons. The highest BCUT2D eigenvalue weighted by Gasteiger charge is 2.21. The Hall–Kier alpha value is -1.40. The second-order valence-electron chi connectivity index (χ2n) is 4.19. The van der Waals surface area contributed by atoms with E-state index in [9.17, 15) is 9.90 Å². The molecular weight excluding hydrogens is 342 g/mol. The lowest BCUT2D eigenvalue weighted by Gasteiger charge is -2.07. The van der Waals surface area contributed by atoms with E-state index in [0.717, 1.165) is 27.9 Å². The molecule has 20 heavy (non-hydrogen) atoms. The number of hydrogen-bond acceptors (Lipinski definition) is 4. The Labute approximate surface area is 129 Å². The highest BCUT2D eigenvalue weighted by atomic mass is 79.9. The summed E-state index contributed by atoms with van der Waals surface area (Å²) in [4.78, 5) is 16.3. The Morgan fingerprint density at radius 2 is 2.25 bits per heavy atom. The molecular formula is C14H14BrNO3S. The molecule has 0 bridgehead atoms. The third-order valence-electron chi connectivity index (χ3n) is 2.74. The van der Waals surface area contributed by atoms with E-state index in [1.54, 1.807) is 7.11 Å². The molecule has 6 heteroatoms. The van der Waals surface area contributed by atoms with Crippen molar-refractivity contribution in [1.29, 1.82) is 0 Å². The number of ether oxygens (including phenoxy) is 1. The fourth-order valence-electron chi connectivity index (χ4n) is 1.87. The summed E-state index contributed by atoms with van der Waals surface area (Å²) in [7, 11) is 1.57. The van der Waals surface area contributed by atoms with Gasteiger partial charge >= 0.3 is 5.97 Å². The molecule has 0 radical (unpaired) electrons. The molecule has 4 nitrogen and oxygen atoms in total. The normalized spacial score (nSPS) is 10.6. The molecule has 0 fully saturated rings. The van der Waals surface area contributed by atoms with Crippen molar-refractivity contribution in [2.75, 3.05) is 7.11 Å². The fraction of sp³-hybridized carbons (Fsp3) is 0.286. The monoisotopic (exact) mass is 355 g/mol. The summed E-state index contributed by atoms with van der Waals surface area (Å²) in [6, 6.07) is 5.52. The lowest BCUT2D eigenvalue weighted by atomic mass is 10.1. The lowest BCUT2D eigenvalue weighted by molar-refractivity contribution is 0.0692. The Morgan fingerprint density at radius 1 is 1.50 bits per heavy atom. The average Bonchev–Trinajstić information content (AvgIpc) is 2.83. The first-order valence-corrected chi connectivity index (χ1v) is 7.74. The standard InChI is InChI=1S/C14H14BrNO3S/c1-3-4-11-16-12(14(17)18)13(20-11)9-7-8(15)5-6-10(9)19-2/h5-7H,3-4H2,1-2H3,(H,17,18). The van der Waals surface area contributed by atoms with Crippen LogP contribution in [0.5, 0.6) is 5.75 Å². The van der Waals surface area contributed by atoms with Crippen molar-refractivity contribution in [2.24, 2.45) is 0 Å². The number of benzene rings is 1. The van der Waals surface area contributed by atoms with Crippen LogP contribution in [0.4, 0.5) is 0 Å². The Balaban J connectivity index is 2.61. The largest absolute Gasteiger partial charge is 0.496 e. The van der Waals surface area contributed by atoms with Crippen molar-refractivity contribution in [1.82, 2.24) is 4.98 Å². The Morgan fingerprint density at radius 3 is 2.85 bits per heavy atom. The van der Waals surface area contributed by atoms with Gasteiger partial charge in [-0.2, -0.15) is 0 Å². The first-order valence-electron chi connectivity index (χ1n) is 6.13. The molecule has 0 amide bonds. The highest BCUT2D eigenvalue weighted by molar-refractivity contribution is 9.10. The molecule has 2 rings (SSSR count). The van der Waals surface area contributed by atoms with E-state index in [2.05, 4.69) is 20.9 Å². The number of thiazole rings is 1. The van der Waals surface area contributed by atoms with Gasteiger partial charge in [-0.1, -0.05) is 22.9 Å². The summed E-state index contributed by atoms with van der Waals surface area (Å²) in [6.07, 6.45) is 1.71. The number of carboxylic acids is 1. The number of aromatic carboxylic acids is 1. The van der Waals surface area contributed by atoms with Crippen molar-refractivity contribution < 1.29 is 14.6 Å². The van der Waals surface area contributed by atoms with E-state index in [4.69, 9.17) is 4.74 Å². The molecule has 0 unspecified atom stereocenters. The molecule has 0 saturated carbocycles. The third kappa shape index (κ3) is 3.02. The van der Waals surface area contributed by atoms with Gasteiger partial charge in [0.05, 0.1) is 17.0 Å². The van der Waals surface area contributed by atoms with E-state index in [1.807, 2.05) is 25.1 Å². The van der Waals surface area contributed by atoms with Gasteiger partial charge in [-0.3, -0.25) is 0 Å². The van der Waals surface area contributed by atoms with E-state index >= 15 is 0 Å². The van der Waals surface area contributed by atoms with Gasteiger partial charge in [-0.15, -0.1) is 11.3 Å². The first-order chi connectivity index (χ1) is 9.56. The molecule has 0 aliphatic rings. The summed E-state index contributed by atoms with van der Waals surface area (Å²) in [5.41, 5.74) is 0.842. The predicted molar refractivity (Wildman–Crippen MR) is 82.8 cm³/mol. The second-order valence-corrected chi connectivity index (χ2v) is 6.18. The van der Waals surface area contributed by atoms with E-state index in [0.29, 0.717) is 10.6 Å². The van der Waals surface area contributed by atoms with Crippen molar-refractivity contribution in [3.05, 3.63) is 33.4 Å². The predicted octanol–water partition coefficient (Wildman–Crippen LogP) is 4.23. The average molecular weight is 356 g/mol. The van der Waals surface area contributed by atoms with E-state index < -0.39 is 5.97 Å². The maximum absolute atomic E-state index is 11.4. The maximum atomic E-state index is 11.4. The number of methoxy groups -OCH3 is 1. The Bertz CT molecular complexity index is 639. The fourth-order valence-corrected chi connectivity index (χ4v) is 3.41. The van der Waals surface area contributed by atoms with Crippen LogP contribution in [0.15, 0.2) is 22.7 Å². The number of carboxylic acid groups (broad SMARTS) is 1. The zero-order valence-corrected chi connectivity index (χ0v) is 13.5. The van der Waals surface area contributed by atoms with Crippen LogP contribution in [0.3, 0.4) is 0 Å². The van der Waals surface area contributed by atoms with Crippen LogP contribution in [-0.2, 0) is 6.42 Å². The molecule has 1 N–H and O–H groups in total. The number of aryl methyl sites for hydroxylation is 1. The number of halogens is 1. The smallest absolute Gasteiger partial charge is 0.356 e. The van der Waals surface area contributed by atoms with Crippen molar-refractivity contribution in [2.45, 2.75) is 19.8 Å². The number of rotatable bonds is 5. The summed E-state index contributed by atoms with van der Waals surface area (Å²) in [5.74, 6) is -0.372. The van der Waals surface area contributed by atoms with Gasteiger partial charge in [0.15, 0.2) is 5.69 Å². The molecule has 1 heterocycles. The summed E-state index contributed by atoms with van der Waals surface area (Å²) in [5, 5.41) is 10.2. The SMILES string of the molecule is CCCc1nc(C(=O)O)c(-c2cc(Br)ccc2OC)s1.